The molecular weight excluding hydrogens is 311 g/mol. The average molecular weight is 331 g/mol. The number of benzene rings is 1. The molecule has 0 aromatic heterocycles. The van der Waals surface area contributed by atoms with Crippen LogP contribution in [0.1, 0.15) is 24.5 Å². The molecule has 22 heavy (non-hydrogen) atoms. The van der Waals surface area contributed by atoms with Crippen LogP contribution in [0.15, 0.2) is 18.2 Å². The first-order valence-electron chi connectivity index (χ1n) is 7.28. The highest BCUT2D eigenvalue weighted by Crippen LogP contribution is 2.35. The van der Waals surface area contributed by atoms with Crippen molar-refractivity contribution in [3.05, 3.63) is 34.6 Å². The third kappa shape index (κ3) is 3.88. The summed E-state index contributed by atoms with van der Waals surface area (Å²) < 4.78 is 20.1. The van der Waals surface area contributed by atoms with Gasteiger partial charge < -0.3 is 20.5 Å². The van der Waals surface area contributed by atoms with Crippen molar-refractivity contribution in [3.8, 4) is 0 Å². The normalized spacial score (nSPS) is 20.0. The molecule has 0 bridgehead atoms. The van der Waals surface area contributed by atoms with Crippen LogP contribution in [-0.4, -0.2) is 42.3 Å². The highest BCUT2D eigenvalue weighted by Gasteiger charge is 2.32. The van der Waals surface area contributed by atoms with Crippen LogP contribution >= 0.6 is 11.6 Å². The number of halogens is 2. The largest absolute Gasteiger partial charge is 0.465 e. The van der Waals surface area contributed by atoms with Crippen molar-refractivity contribution in [1.29, 1.82) is 0 Å². The second-order valence-corrected chi connectivity index (χ2v) is 5.76. The summed E-state index contributed by atoms with van der Waals surface area (Å²) in [6.45, 7) is 1.40. The Labute approximate surface area is 133 Å². The minimum absolute atomic E-state index is 0.0322. The molecule has 1 aromatic carbocycles. The number of piperidine rings is 1. The summed E-state index contributed by atoms with van der Waals surface area (Å²) in [4.78, 5) is 12.5. The smallest absolute Gasteiger partial charge is 0.407 e. The Morgan fingerprint density at radius 2 is 2.36 bits per heavy atom. The molecule has 0 spiro atoms. The van der Waals surface area contributed by atoms with E-state index in [0.717, 1.165) is 12.8 Å². The van der Waals surface area contributed by atoms with E-state index >= 15 is 0 Å². The van der Waals surface area contributed by atoms with Gasteiger partial charge in [-0.15, -0.1) is 0 Å². The van der Waals surface area contributed by atoms with E-state index in [-0.39, 0.29) is 17.5 Å². The Balaban J connectivity index is 2.25. The molecule has 0 radical (unpaired) electrons. The minimum atomic E-state index is -0.964. The van der Waals surface area contributed by atoms with Crippen LogP contribution in [0.5, 0.6) is 0 Å². The van der Waals surface area contributed by atoms with Crippen molar-refractivity contribution in [2.45, 2.75) is 18.9 Å². The lowest BCUT2D eigenvalue weighted by Crippen LogP contribution is -2.41. The number of carboxylic acid groups (broad SMARTS) is 1. The van der Waals surface area contributed by atoms with Crippen molar-refractivity contribution in [1.82, 2.24) is 4.90 Å². The minimum Gasteiger partial charge on any atom is -0.465 e. The number of ether oxygens (including phenoxy) is 1. The van der Waals surface area contributed by atoms with Crippen LogP contribution in [-0.2, 0) is 4.74 Å². The number of amides is 1. The number of hydrogen-bond donors (Lipinski definition) is 2. The van der Waals surface area contributed by atoms with Crippen LogP contribution in [0.3, 0.4) is 0 Å². The lowest BCUT2D eigenvalue weighted by Gasteiger charge is -2.35. The predicted molar refractivity (Wildman–Crippen MR) is 81.5 cm³/mol. The van der Waals surface area contributed by atoms with Gasteiger partial charge in [0.15, 0.2) is 0 Å². The molecule has 0 aliphatic carbocycles. The molecule has 1 aliphatic rings. The number of nitrogens with two attached hydrogens (primary N) is 1. The lowest BCUT2D eigenvalue weighted by molar-refractivity contribution is -0.0116. The fourth-order valence-electron chi connectivity index (χ4n) is 2.85. The van der Waals surface area contributed by atoms with Gasteiger partial charge in [-0.2, -0.15) is 0 Å². The van der Waals surface area contributed by atoms with Gasteiger partial charge in [0.25, 0.3) is 0 Å². The molecule has 1 aliphatic heterocycles. The van der Waals surface area contributed by atoms with Gasteiger partial charge in [-0.25, -0.2) is 9.18 Å². The van der Waals surface area contributed by atoms with Gasteiger partial charge in [-0.05, 0) is 18.9 Å². The van der Waals surface area contributed by atoms with E-state index in [1.54, 1.807) is 12.1 Å². The first-order valence-corrected chi connectivity index (χ1v) is 7.65. The van der Waals surface area contributed by atoms with Crippen molar-refractivity contribution < 1.29 is 19.0 Å². The summed E-state index contributed by atoms with van der Waals surface area (Å²) in [7, 11) is 0. The zero-order chi connectivity index (χ0) is 16.1. The predicted octanol–water partition coefficient (Wildman–Crippen LogP) is 2.89. The first-order chi connectivity index (χ1) is 10.5. The lowest BCUT2D eigenvalue weighted by atomic mass is 9.88. The van der Waals surface area contributed by atoms with Gasteiger partial charge in [0.2, 0.25) is 0 Å². The quantitative estimate of drug-likeness (QED) is 0.870. The summed E-state index contributed by atoms with van der Waals surface area (Å²) in [5.74, 6) is -0.636. The Kier molecular flexibility index (Phi) is 5.99. The second-order valence-electron chi connectivity index (χ2n) is 5.35. The number of carbonyl (C=O) groups is 1. The van der Waals surface area contributed by atoms with Crippen LogP contribution in [0.2, 0.25) is 5.02 Å². The van der Waals surface area contributed by atoms with Crippen LogP contribution in [0.25, 0.3) is 0 Å². The van der Waals surface area contributed by atoms with Crippen LogP contribution in [0, 0.1) is 11.7 Å². The van der Waals surface area contributed by atoms with E-state index in [1.807, 2.05) is 0 Å². The summed E-state index contributed by atoms with van der Waals surface area (Å²) in [6, 6.07) is 4.77. The standard InChI is InChI=1S/C15H20ClFN2O3/c16-12-5-1-4-11(13(12)17)14(22-8-6-18)10-3-2-7-19(9-10)15(20)21/h1,4-5,10,14H,2-3,6-9,18H2,(H,20,21)/t10?,14-/m0/s1. The fourth-order valence-corrected chi connectivity index (χ4v) is 3.03. The molecule has 0 saturated carbocycles. The first kappa shape index (κ1) is 17.0. The molecule has 3 N–H and O–H groups in total. The Morgan fingerprint density at radius 1 is 1.59 bits per heavy atom. The highest BCUT2D eigenvalue weighted by molar-refractivity contribution is 6.30. The zero-order valence-corrected chi connectivity index (χ0v) is 12.9. The zero-order valence-electron chi connectivity index (χ0n) is 12.2. The molecule has 1 amide bonds. The van der Waals surface area contributed by atoms with Gasteiger partial charge in [-0.3, -0.25) is 0 Å². The van der Waals surface area contributed by atoms with Crippen molar-refractivity contribution in [3.63, 3.8) is 0 Å². The molecule has 5 nitrogen and oxygen atoms in total. The molecule has 122 valence electrons. The topological polar surface area (TPSA) is 75.8 Å². The highest BCUT2D eigenvalue weighted by atomic mass is 35.5. The second kappa shape index (κ2) is 7.76. The van der Waals surface area contributed by atoms with E-state index < -0.39 is 18.0 Å². The molecule has 2 atom stereocenters. The molecule has 1 saturated heterocycles. The van der Waals surface area contributed by atoms with Gasteiger partial charge in [0.1, 0.15) is 5.82 Å². The summed E-state index contributed by atoms with van der Waals surface area (Å²) >= 11 is 5.85. The van der Waals surface area contributed by atoms with Crippen molar-refractivity contribution in [2.24, 2.45) is 11.7 Å². The summed E-state index contributed by atoms with van der Waals surface area (Å²) in [6.07, 6.45) is -0.0229. The van der Waals surface area contributed by atoms with E-state index in [1.165, 1.54) is 11.0 Å². The fraction of sp³-hybridized carbons (Fsp3) is 0.533. The Bertz CT molecular complexity index is 530. The summed E-state index contributed by atoms with van der Waals surface area (Å²) in [5, 5.41) is 9.19. The third-order valence-electron chi connectivity index (χ3n) is 3.86. The van der Waals surface area contributed by atoms with Crippen LogP contribution < -0.4 is 5.73 Å². The Morgan fingerprint density at radius 3 is 3.05 bits per heavy atom. The SMILES string of the molecule is NCCO[C@H](c1cccc(Cl)c1F)C1CCCN(C(=O)O)C1. The van der Waals surface area contributed by atoms with Gasteiger partial charge in [-0.1, -0.05) is 23.7 Å². The number of nitrogens with zero attached hydrogens (tertiary/aromatic N) is 1. The summed E-state index contributed by atoms with van der Waals surface area (Å²) in [5.41, 5.74) is 5.84. The van der Waals surface area contributed by atoms with Gasteiger partial charge in [0, 0.05) is 31.1 Å². The number of hydrogen-bond acceptors (Lipinski definition) is 3. The van der Waals surface area contributed by atoms with Gasteiger partial charge >= 0.3 is 6.09 Å². The molecule has 1 fully saturated rings. The molecule has 1 unspecified atom stereocenters. The molecule has 1 aromatic rings. The number of rotatable bonds is 5. The van der Waals surface area contributed by atoms with E-state index in [2.05, 4.69) is 0 Å². The van der Waals surface area contributed by atoms with E-state index in [9.17, 15) is 9.18 Å². The maximum absolute atomic E-state index is 14.3. The van der Waals surface area contributed by atoms with Crippen molar-refractivity contribution in [2.75, 3.05) is 26.2 Å². The number of likely N-dealkylation sites (tertiary alicyclic amines) is 1. The van der Waals surface area contributed by atoms with E-state index in [4.69, 9.17) is 27.2 Å². The molecule has 7 heteroatoms. The van der Waals surface area contributed by atoms with Gasteiger partial charge in [0.05, 0.1) is 17.7 Å². The maximum Gasteiger partial charge on any atom is 0.407 e. The molecule has 1 heterocycles. The van der Waals surface area contributed by atoms with Crippen molar-refractivity contribution >= 4 is 17.7 Å². The average Bonchev–Trinajstić information content (AvgIpc) is 2.52. The third-order valence-corrected chi connectivity index (χ3v) is 4.15. The Hall–Kier alpha value is -1.37. The van der Waals surface area contributed by atoms with Crippen LogP contribution in [0.4, 0.5) is 9.18 Å². The molecule has 2 rings (SSSR count). The monoisotopic (exact) mass is 330 g/mol. The molecular formula is C15H20ClFN2O3. The maximum atomic E-state index is 14.3. The van der Waals surface area contributed by atoms with E-state index in [0.29, 0.717) is 25.2 Å².